The van der Waals surface area contributed by atoms with Crippen LogP contribution in [-0.4, -0.2) is 0 Å². The van der Waals surface area contributed by atoms with Crippen molar-refractivity contribution in [2.75, 3.05) is 0 Å². The van der Waals surface area contributed by atoms with Gasteiger partial charge in [0.1, 0.15) is 0 Å². The molecule has 1 nitrogen and oxygen atoms in total. The SMILES string of the molecule is CC1(C)C[C@@H](N)c2cc3c4c(cccc4c21)CC3. The van der Waals surface area contributed by atoms with Gasteiger partial charge in [0.2, 0.25) is 0 Å². The van der Waals surface area contributed by atoms with E-state index in [4.69, 9.17) is 5.73 Å². The maximum atomic E-state index is 6.35. The lowest BCUT2D eigenvalue weighted by molar-refractivity contribution is 0.483. The Morgan fingerprint density at radius 3 is 2.78 bits per heavy atom. The maximum absolute atomic E-state index is 6.35. The lowest BCUT2D eigenvalue weighted by atomic mass is 9.82. The van der Waals surface area contributed by atoms with Crippen LogP contribution >= 0.6 is 0 Å². The van der Waals surface area contributed by atoms with E-state index in [0.29, 0.717) is 0 Å². The molecule has 0 amide bonds. The van der Waals surface area contributed by atoms with Gasteiger partial charge in [-0.05, 0) is 57.7 Å². The highest BCUT2D eigenvalue weighted by Gasteiger charge is 2.37. The number of hydrogen-bond donors (Lipinski definition) is 1. The fourth-order valence-electron chi connectivity index (χ4n) is 4.16. The Balaban J connectivity index is 2.20. The van der Waals surface area contributed by atoms with E-state index in [0.717, 1.165) is 6.42 Å². The smallest absolute Gasteiger partial charge is 0.0306 e. The average molecular weight is 237 g/mol. The molecule has 0 saturated heterocycles. The minimum atomic E-state index is 0.217. The Labute approximate surface area is 108 Å². The molecule has 2 aliphatic rings. The van der Waals surface area contributed by atoms with E-state index >= 15 is 0 Å². The Morgan fingerprint density at radius 2 is 1.94 bits per heavy atom. The van der Waals surface area contributed by atoms with Crippen molar-refractivity contribution in [1.82, 2.24) is 0 Å². The fourth-order valence-corrected chi connectivity index (χ4v) is 4.16. The summed E-state index contributed by atoms with van der Waals surface area (Å²) in [7, 11) is 0. The molecule has 0 aromatic heterocycles. The third-order valence-electron chi connectivity index (χ3n) is 4.83. The van der Waals surface area contributed by atoms with Crippen LogP contribution in [0.4, 0.5) is 0 Å². The topological polar surface area (TPSA) is 26.0 Å². The summed E-state index contributed by atoms with van der Waals surface area (Å²) < 4.78 is 0. The summed E-state index contributed by atoms with van der Waals surface area (Å²) >= 11 is 0. The first-order valence-electron chi connectivity index (χ1n) is 6.91. The first-order valence-corrected chi connectivity index (χ1v) is 6.91. The second-order valence-electron chi connectivity index (χ2n) is 6.53. The molecule has 2 aliphatic carbocycles. The zero-order valence-electron chi connectivity index (χ0n) is 11.1. The summed E-state index contributed by atoms with van der Waals surface area (Å²) in [5.41, 5.74) is 12.5. The van der Waals surface area contributed by atoms with Crippen molar-refractivity contribution in [2.24, 2.45) is 5.73 Å². The molecule has 2 N–H and O–H groups in total. The molecule has 2 aromatic carbocycles. The molecule has 0 unspecified atom stereocenters. The van der Waals surface area contributed by atoms with Crippen LogP contribution in [0.15, 0.2) is 24.3 Å². The van der Waals surface area contributed by atoms with Gasteiger partial charge in [-0.3, -0.25) is 0 Å². The van der Waals surface area contributed by atoms with E-state index in [2.05, 4.69) is 38.1 Å². The predicted molar refractivity (Wildman–Crippen MR) is 75.9 cm³/mol. The number of fused-ring (bicyclic) bond motifs is 2. The molecule has 4 rings (SSSR count). The van der Waals surface area contributed by atoms with Crippen LogP contribution in [0.1, 0.15) is 48.6 Å². The Kier molecular flexibility index (Phi) is 1.85. The highest BCUT2D eigenvalue weighted by atomic mass is 14.7. The molecule has 0 bridgehead atoms. The second kappa shape index (κ2) is 3.16. The third kappa shape index (κ3) is 1.16. The third-order valence-corrected chi connectivity index (χ3v) is 4.83. The van der Waals surface area contributed by atoms with Gasteiger partial charge in [0.15, 0.2) is 0 Å². The van der Waals surface area contributed by atoms with Gasteiger partial charge in [-0.2, -0.15) is 0 Å². The molecule has 0 heterocycles. The quantitative estimate of drug-likeness (QED) is 0.744. The molecule has 1 heteroatoms. The lowest BCUT2D eigenvalue weighted by Crippen LogP contribution is -2.14. The van der Waals surface area contributed by atoms with Crippen LogP contribution < -0.4 is 5.73 Å². The largest absolute Gasteiger partial charge is 0.324 e. The Morgan fingerprint density at radius 1 is 1.17 bits per heavy atom. The van der Waals surface area contributed by atoms with Crippen LogP contribution in [0, 0.1) is 0 Å². The summed E-state index contributed by atoms with van der Waals surface area (Å²) in [5.74, 6) is 0. The standard InChI is InChI=1S/C17H19N/c1-17(2)9-14(18)13-8-11-7-6-10-4-3-5-12(15(10)11)16(13)17/h3-5,8,14H,6-7,9,18H2,1-2H3/t14-/m1/s1. The highest BCUT2D eigenvalue weighted by molar-refractivity contribution is 5.95. The van der Waals surface area contributed by atoms with Crippen LogP contribution in [-0.2, 0) is 18.3 Å². The van der Waals surface area contributed by atoms with Crippen LogP contribution in [0.2, 0.25) is 0 Å². The van der Waals surface area contributed by atoms with E-state index in [9.17, 15) is 0 Å². The summed E-state index contributed by atoms with van der Waals surface area (Å²) in [6, 6.07) is 9.42. The van der Waals surface area contributed by atoms with Crippen molar-refractivity contribution in [3.63, 3.8) is 0 Å². The highest BCUT2D eigenvalue weighted by Crippen LogP contribution is 2.49. The summed E-state index contributed by atoms with van der Waals surface area (Å²) in [4.78, 5) is 0. The zero-order chi connectivity index (χ0) is 12.5. The molecule has 0 saturated carbocycles. The number of hydrogen-bond acceptors (Lipinski definition) is 1. The molecule has 92 valence electrons. The van der Waals surface area contributed by atoms with Crippen LogP contribution in [0.5, 0.6) is 0 Å². The Bertz CT molecular complexity index is 667. The van der Waals surface area contributed by atoms with Gasteiger partial charge in [-0.15, -0.1) is 0 Å². The van der Waals surface area contributed by atoms with E-state index in [1.54, 1.807) is 0 Å². The monoisotopic (exact) mass is 237 g/mol. The molecule has 0 spiro atoms. The van der Waals surface area contributed by atoms with E-state index in [1.165, 1.54) is 45.9 Å². The molecule has 0 aliphatic heterocycles. The molecule has 0 radical (unpaired) electrons. The van der Waals surface area contributed by atoms with E-state index < -0.39 is 0 Å². The van der Waals surface area contributed by atoms with Gasteiger partial charge < -0.3 is 5.73 Å². The molecule has 0 fully saturated rings. The molecular formula is C17H19N. The van der Waals surface area contributed by atoms with Gasteiger partial charge in [0, 0.05) is 6.04 Å². The van der Waals surface area contributed by atoms with Crippen LogP contribution in [0.3, 0.4) is 0 Å². The molecule has 2 aromatic rings. The normalized spacial score (nSPS) is 23.6. The van der Waals surface area contributed by atoms with Crippen molar-refractivity contribution in [3.8, 4) is 0 Å². The van der Waals surface area contributed by atoms with Crippen molar-refractivity contribution in [1.29, 1.82) is 0 Å². The fraction of sp³-hybridized carbons (Fsp3) is 0.412. The summed E-state index contributed by atoms with van der Waals surface area (Å²) in [6.07, 6.45) is 3.46. The number of nitrogens with two attached hydrogens (primary N) is 1. The van der Waals surface area contributed by atoms with E-state index in [1.807, 2.05) is 0 Å². The van der Waals surface area contributed by atoms with E-state index in [-0.39, 0.29) is 11.5 Å². The molecule has 18 heavy (non-hydrogen) atoms. The van der Waals surface area contributed by atoms with Gasteiger partial charge in [0.25, 0.3) is 0 Å². The zero-order valence-corrected chi connectivity index (χ0v) is 11.1. The number of aryl methyl sites for hydroxylation is 2. The first kappa shape index (κ1) is 10.6. The summed E-state index contributed by atoms with van der Waals surface area (Å²) in [5, 5.41) is 2.99. The number of rotatable bonds is 0. The lowest BCUT2D eigenvalue weighted by Gasteiger charge is -2.21. The first-order chi connectivity index (χ1) is 8.58. The van der Waals surface area contributed by atoms with Gasteiger partial charge in [0.05, 0.1) is 0 Å². The average Bonchev–Trinajstić information content (AvgIpc) is 2.82. The summed E-state index contributed by atoms with van der Waals surface area (Å²) in [6.45, 7) is 4.67. The van der Waals surface area contributed by atoms with Crippen molar-refractivity contribution in [2.45, 2.75) is 44.6 Å². The van der Waals surface area contributed by atoms with Gasteiger partial charge in [-0.1, -0.05) is 38.1 Å². The Hall–Kier alpha value is -1.34. The van der Waals surface area contributed by atoms with Crippen molar-refractivity contribution in [3.05, 3.63) is 46.5 Å². The van der Waals surface area contributed by atoms with Crippen molar-refractivity contribution >= 4 is 10.8 Å². The minimum absolute atomic E-state index is 0.217. The minimum Gasteiger partial charge on any atom is -0.324 e. The predicted octanol–water partition coefficient (Wildman–Crippen LogP) is 3.62. The second-order valence-corrected chi connectivity index (χ2v) is 6.53. The van der Waals surface area contributed by atoms with Gasteiger partial charge >= 0.3 is 0 Å². The number of benzene rings is 2. The van der Waals surface area contributed by atoms with Gasteiger partial charge in [-0.25, -0.2) is 0 Å². The molecular weight excluding hydrogens is 218 g/mol. The maximum Gasteiger partial charge on any atom is 0.0306 e. The van der Waals surface area contributed by atoms with Crippen LogP contribution in [0.25, 0.3) is 10.8 Å². The molecule has 1 atom stereocenters. The van der Waals surface area contributed by atoms with Crippen molar-refractivity contribution < 1.29 is 0 Å².